The summed E-state index contributed by atoms with van der Waals surface area (Å²) in [4.78, 5) is 0. The van der Waals surface area contributed by atoms with Gasteiger partial charge in [0.2, 0.25) is 0 Å². The highest BCUT2D eigenvalue weighted by Gasteiger charge is 2.24. The summed E-state index contributed by atoms with van der Waals surface area (Å²) >= 11 is 0. The molecule has 3 aromatic rings. The lowest BCUT2D eigenvalue weighted by molar-refractivity contribution is 0.149. The van der Waals surface area contributed by atoms with Gasteiger partial charge in [-0.15, -0.1) is 13.2 Å². The Morgan fingerprint density at radius 1 is 0.750 bits per heavy atom. The fraction of sp³-hybridized carbons (Fsp3) is 0.290. The fourth-order valence-corrected chi connectivity index (χ4v) is 4.98. The molecule has 32 heavy (non-hydrogen) atoms. The minimum Gasteiger partial charge on any atom is -0.373 e. The third-order valence-electron chi connectivity index (χ3n) is 6.71. The van der Waals surface area contributed by atoms with E-state index in [0.29, 0.717) is 19.1 Å². The molecular formula is C31H34O. The molecule has 1 saturated carbocycles. The molecular weight excluding hydrogens is 388 g/mol. The molecule has 4 rings (SSSR count). The van der Waals surface area contributed by atoms with Crippen molar-refractivity contribution < 1.29 is 4.74 Å². The molecule has 0 N–H and O–H groups in total. The van der Waals surface area contributed by atoms with Crippen molar-refractivity contribution in [2.45, 2.75) is 44.6 Å². The molecule has 1 nitrogen and oxygen atoms in total. The lowest BCUT2D eigenvalue weighted by Gasteiger charge is -2.30. The molecule has 0 atom stereocenters. The molecule has 0 aliphatic heterocycles. The first-order valence-corrected chi connectivity index (χ1v) is 11.9. The molecule has 1 aliphatic carbocycles. The van der Waals surface area contributed by atoms with Gasteiger partial charge in [-0.25, -0.2) is 0 Å². The van der Waals surface area contributed by atoms with Gasteiger partial charge >= 0.3 is 0 Å². The van der Waals surface area contributed by atoms with Crippen LogP contribution in [0.2, 0.25) is 0 Å². The van der Waals surface area contributed by atoms with Gasteiger partial charge in [0.1, 0.15) is 0 Å². The van der Waals surface area contributed by atoms with Gasteiger partial charge in [-0.2, -0.15) is 0 Å². The van der Waals surface area contributed by atoms with E-state index in [2.05, 4.69) is 92.0 Å². The summed E-state index contributed by atoms with van der Waals surface area (Å²) in [5, 5.41) is 0. The van der Waals surface area contributed by atoms with Crippen LogP contribution in [0.5, 0.6) is 0 Å². The van der Waals surface area contributed by atoms with E-state index in [0.717, 1.165) is 12.3 Å². The largest absolute Gasteiger partial charge is 0.373 e. The summed E-state index contributed by atoms with van der Waals surface area (Å²) in [5.74, 6) is 1.41. The van der Waals surface area contributed by atoms with E-state index in [-0.39, 0.29) is 0 Å². The number of benzene rings is 3. The Labute approximate surface area is 193 Å². The highest BCUT2D eigenvalue weighted by atomic mass is 16.5. The minimum atomic E-state index is 0.588. The molecule has 0 amide bonds. The predicted molar refractivity (Wildman–Crippen MR) is 137 cm³/mol. The Morgan fingerprint density at radius 2 is 1.44 bits per heavy atom. The maximum absolute atomic E-state index is 5.74. The average Bonchev–Trinajstić information content (AvgIpc) is 2.86. The van der Waals surface area contributed by atoms with Crippen molar-refractivity contribution in [1.29, 1.82) is 0 Å². The standard InChI is InChI=1S/C31H34O/c1-3-8-24-11-14-29(15-12-24)31-22-25(23-32-21-4-2)13-20-30(31)28-18-16-27(17-19-28)26-9-6-5-7-10-26/h3-7,9-10,13,16-20,22,24,29H,1-2,8,11-12,14-15,21,23H2. The molecule has 1 fully saturated rings. The summed E-state index contributed by atoms with van der Waals surface area (Å²) < 4.78 is 5.74. The number of rotatable bonds is 9. The van der Waals surface area contributed by atoms with Crippen LogP contribution in [0.4, 0.5) is 0 Å². The van der Waals surface area contributed by atoms with Crippen LogP contribution in [0, 0.1) is 5.92 Å². The van der Waals surface area contributed by atoms with E-state index in [9.17, 15) is 0 Å². The van der Waals surface area contributed by atoms with Gasteiger partial charge < -0.3 is 4.74 Å². The van der Waals surface area contributed by atoms with Crippen molar-refractivity contribution in [2.24, 2.45) is 5.92 Å². The maximum atomic E-state index is 5.74. The van der Waals surface area contributed by atoms with Crippen molar-refractivity contribution in [3.63, 3.8) is 0 Å². The van der Waals surface area contributed by atoms with Crippen LogP contribution in [0.3, 0.4) is 0 Å². The monoisotopic (exact) mass is 422 g/mol. The minimum absolute atomic E-state index is 0.588. The lowest BCUT2D eigenvalue weighted by atomic mass is 9.75. The van der Waals surface area contributed by atoms with Gasteiger partial charge in [0.25, 0.3) is 0 Å². The normalized spacial score (nSPS) is 18.2. The number of hydrogen-bond acceptors (Lipinski definition) is 1. The molecule has 0 aromatic heterocycles. The number of ether oxygens (including phenoxy) is 1. The summed E-state index contributed by atoms with van der Waals surface area (Å²) in [5.41, 5.74) is 7.91. The van der Waals surface area contributed by atoms with Gasteiger partial charge in [0, 0.05) is 0 Å². The first kappa shape index (κ1) is 22.3. The van der Waals surface area contributed by atoms with Crippen LogP contribution in [0.15, 0.2) is 98.1 Å². The zero-order valence-electron chi connectivity index (χ0n) is 19.0. The van der Waals surface area contributed by atoms with Crippen LogP contribution in [0.1, 0.15) is 49.1 Å². The Hall–Kier alpha value is -2.90. The van der Waals surface area contributed by atoms with Crippen LogP contribution in [-0.2, 0) is 11.3 Å². The summed E-state index contributed by atoms with van der Waals surface area (Å²) in [7, 11) is 0. The quantitative estimate of drug-likeness (QED) is 0.248. The molecule has 3 aromatic carbocycles. The van der Waals surface area contributed by atoms with Crippen LogP contribution >= 0.6 is 0 Å². The van der Waals surface area contributed by atoms with E-state index in [1.165, 1.54) is 59.1 Å². The van der Waals surface area contributed by atoms with Crippen LogP contribution < -0.4 is 0 Å². The van der Waals surface area contributed by atoms with E-state index < -0.39 is 0 Å². The first-order valence-electron chi connectivity index (χ1n) is 11.9. The molecule has 0 spiro atoms. The Kier molecular flexibility index (Phi) is 7.74. The molecule has 0 unspecified atom stereocenters. The molecule has 1 heteroatoms. The van der Waals surface area contributed by atoms with E-state index in [1.54, 1.807) is 0 Å². The molecule has 0 saturated heterocycles. The average molecular weight is 423 g/mol. The van der Waals surface area contributed by atoms with Gasteiger partial charge in [0.05, 0.1) is 13.2 Å². The molecule has 1 aliphatic rings. The van der Waals surface area contributed by atoms with Crippen molar-refractivity contribution >= 4 is 0 Å². The zero-order chi connectivity index (χ0) is 22.2. The van der Waals surface area contributed by atoms with Crippen molar-refractivity contribution in [2.75, 3.05) is 6.61 Å². The number of allylic oxidation sites excluding steroid dienone is 1. The smallest absolute Gasteiger partial charge is 0.0721 e. The molecule has 0 radical (unpaired) electrons. The fourth-order valence-electron chi connectivity index (χ4n) is 4.98. The topological polar surface area (TPSA) is 9.23 Å². The third-order valence-corrected chi connectivity index (χ3v) is 6.71. The molecule has 164 valence electrons. The Morgan fingerprint density at radius 3 is 2.12 bits per heavy atom. The first-order chi connectivity index (χ1) is 15.8. The second-order valence-corrected chi connectivity index (χ2v) is 8.91. The van der Waals surface area contributed by atoms with Crippen molar-refractivity contribution in [3.8, 4) is 22.3 Å². The van der Waals surface area contributed by atoms with E-state index in [4.69, 9.17) is 4.74 Å². The van der Waals surface area contributed by atoms with Gasteiger partial charge in [-0.05, 0) is 77.3 Å². The summed E-state index contributed by atoms with van der Waals surface area (Å²) in [6, 6.07) is 26.5. The second kappa shape index (κ2) is 11.1. The van der Waals surface area contributed by atoms with Gasteiger partial charge in [0.15, 0.2) is 0 Å². The summed E-state index contributed by atoms with van der Waals surface area (Å²) in [6.45, 7) is 8.92. The molecule has 0 heterocycles. The second-order valence-electron chi connectivity index (χ2n) is 8.91. The lowest BCUT2D eigenvalue weighted by Crippen LogP contribution is -2.14. The maximum Gasteiger partial charge on any atom is 0.0721 e. The van der Waals surface area contributed by atoms with E-state index >= 15 is 0 Å². The van der Waals surface area contributed by atoms with Crippen molar-refractivity contribution in [3.05, 3.63) is 109 Å². The Balaban J connectivity index is 1.61. The highest BCUT2D eigenvalue weighted by Crippen LogP contribution is 2.41. The number of hydrogen-bond donors (Lipinski definition) is 0. The predicted octanol–water partition coefficient (Wildman–Crippen LogP) is 8.57. The van der Waals surface area contributed by atoms with Gasteiger partial charge in [-0.1, -0.05) is 84.9 Å². The highest BCUT2D eigenvalue weighted by molar-refractivity contribution is 5.73. The van der Waals surface area contributed by atoms with Crippen LogP contribution in [-0.4, -0.2) is 6.61 Å². The van der Waals surface area contributed by atoms with Gasteiger partial charge in [-0.3, -0.25) is 0 Å². The zero-order valence-corrected chi connectivity index (χ0v) is 19.0. The van der Waals surface area contributed by atoms with E-state index in [1.807, 2.05) is 6.08 Å². The van der Waals surface area contributed by atoms with Crippen LogP contribution in [0.25, 0.3) is 22.3 Å². The SMILES string of the molecule is C=CCOCc1ccc(-c2ccc(-c3ccccc3)cc2)c(C2CCC(CC=C)CC2)c1. The van der Waals surface area contributed by atoms with Crippen molar-refractivity contribution in [1.82, 2.24) is 0 Å². The molecule has 0 bridgehead atoms. The Bertz CT molecular complexity index is 1010. The third kappa shape index (κ3) is 5.47. The summed E-state index contributed by atoms with van der Waals surface area (Å²) in [6.07, 6.45) is 10.1.